The Morgan fingerprint density at radius 1 is 1.31 bits per heavy atom. The van der Waals surface area contributed by atoms with Gasteiger partial charge >= 0.3 is 0 Å². The Bertz CT molecular complexity index is 1040. The van der Waals surface area contributed by atoms with Gasteiger partial charge in [-0.1, -0.05) is 35.7 Å². The summed E-state index contributed by atoms with van der Waals surface area (Å²) in [6, 6.07) is 17.3. The van der Waals surface area contributed by atoms with E-state index in [-0.39, 0.29) is 5.91 Å². The maximum Gasteiger partial charge on any atom is 0.280 e. The smallest absolute Gasteiger partial charge is 0.280 e. The van der Waals surface area contributed by atoms with Crippen molar-refractivity contribution in [2.75, 3.05) is 17.7 Å². The standard InChI is InChI=1S/C21H19ClN4OS2/c1-14-19(20(27)25-28-2)24-21(29-14)26(18-8-6-16(13-23)7-9-18)11-10-15-4-3-5-17(22)12-15/h3-9,12H,10-11H2,1-2H3,(H,25,27). The molecule has 0 saturated heterocycles. The Morgan fingerprint density at radius 3 is 2.72 bits per heavy atom. The van der Waals surface area contributed by atoms with Crippen LogP contribution in [0.4, 0.5) is 10.8 Å². The number of carbonyl (C=O) groups is 1. The average molecular weight is 443 g/mol. The Kier molecular flexibility index (Phi) is 7.15. The lowest BCUT2D eigenvalue weighted by atomic mass is 10.1. The second kappa shape index (κ2) is 9.79. The van der Waals surface area contributed by atoms with Crippen LogP contribution in [0.3, 0.4) is 0 Å². The van der Waals surface area contributed by atoms with Crippen molar-refractivity contribution >= 4 is 51.6 Å². The molecule has 1 N–H and O–H groups in total. The molecule has 29 heavy (non-hydrogen) atoms. The molecule has 0 aliphatic carbocycles. The topological polar surface area (TPSA) is 69.0 Å². The highest BCUT2D eigenvalue weighted by Gasteiger charge is 2.20. The van der Waals surface area contributed by atoms with Crippen molar-refractivity contribution in [3.8, 4) is 6.07 Å². The molecule has 0 saturated carbocycles. The summed E-state index contributed by atoms with van der Waals surface area (Å²) in [5.74, 6) is -0.202. The van der Waals surface area contributed by atoms with Crippen molar-refractivity contribution in [3.63, 3.8) is 0 Å². The van der Waals surface area contributed by atoms with Gasteiger partial charge in [-0.25, -0.2) is 4.98 Å². The first-order valence-corrected chi connectivity index (χ1v) is 11.3. The van der Waals surface area contributed by atoms with Gasteiger partial charge in [-0.15, -0.1) is 11.3 Å². The number of benzene rings is 2. The third kappa shape index (κ3) is 5.30. The highest BCUT2D eigenvalue weighted by atomic mass is 35.5. The number of rotatable bonds is 7. The van der Waals surface area contributed by atoms with Gasteiger partial charge in [0.25, 0.3) is 5.91 Å². The van der Waals surface area contributed by atoms with Crippen LogP contribution in [-0.4, -0.2) is 23.7 Å². The van der Waals surface area contributed by atoms with Gasteiger partial charge in [0.1, 0.15) is 5.69 Å². The molecule has 0 fully saturated rings. The number of nitriles is 1. The van der Waals surface area contributed by atoms with Gasteiger partial charge in [0.2, 0.25) is 0 Å². The number of nitrogens with zero attached hydrogens (tertiary/aromatic N) is 3. The van der Waals surface area contributed by atoms with E-state index in [1.807, 2.05) is 43.3 Å². The van der Waals surface area contributed by atoms with Crippen molar-refractivity contribution in [2.24, 2.45) is 0 Å². The number of halogens is 1. The normalized spacial score (nSPS) is 10.4. The van der Waals surface area contributed by atoms with E-state index in [9.17, 15) is 4.79 Å². The summed E-state index contributed by atoms with van der Waals surface area (Å²) in [4.78, 5) is 19.8. The molecule has 0 aliphatic heterocycles. The largest absolute Gasteiger partial charge is 0.317 e. The number of anilines is 2. The van der Waals surface area contributed by atoms with Crippen LogP contribution in [-0.2, 0) is 6.42 Å². The molecule has 1 amide bonds. The number of carbonyl (C=O) groups excluding carboxylic acids is 1. The monoisotopic (exact) mass is 442 g/mol. The molecular formula is C21H19ClN4OS2. The minimum Gasteiger partial charge on any atom is -0.317 e. The van der Waals surface area contributed by atoms with Crippen LogP contribution in [0.25, 0.3) is 0 Å². The van der Waals surface area contributed by atoms with Gasteiger partial charge in [-0.3, -0.25) is 9.52 Å². The first-order chi connectivity index (χ1) is 14.0. The Labute approximate surface area is 183 Å². The molecule has 0 bridgehead atoms. The van der Waals surface area contributed by atoms with Crippen molar-refractivity contribution in [3.05, 3.63) is 75.3 Å². The summed E-state index contributed by atoms with van der Waals surface area (Å²) in [6.45, 7) is 2.55. The Balaban J connectivity index is 1.93. The lowest BCUT2D eigenvalue weighted by molar-refractivity contribution is 0.0980. The van der Waals surface area contributed by atoms with Crippen molar-refractivity contribution in [2.45, 2.75) is 13.3 Å². The molecule has 0 aliphatic rings. The fraction of sp³-hybridized carbons (Fsp3) is 0.190. The Morgan fingerprint density at radius 2 is 2.07 bits per heavy atom. The molecule has 0 unspecified atom stereocenters. The molecule has 1 aromatic heterocycles. The maximum absolute atomic E-state index is 12.3. The van der Waals surface area contributed by atoms with Crippen LogP contribution < -0.4 is 9.62 Å². The zero-order valence-corrected chi connectivity index (χ0v) is 18.4. The van der Waals surface area contributed by atoms with Gasteiger partial charge in [0.05, 0.1) is 11.6 Å². The van der Waals surface area contributed by atoms with E-state index in [1.54, 1.807) is 18.4 Å². The minimum atomic E-state index is -0.202. The van der Waals surface area contributed by atoms with E-state index in [0.717, 1.165) is 27.7 Å². The van der Waals surface area contributed by atoms with Gasteiger partial charge < -0.3 is 4.90 Å². The first kappa shape index (κ1) is 21.2. The fourth-order valence-corrected chi connectivity index (χ4v) is 4.28. The number of hydrogen-bond donors (Lipinski definition) is 1. The van der Waals surface area contributed by atoms with Crippen molar-refractivity contribution < 1.29 is 4.79 Å². The van der Waals surface area contributed by atoms with E-state index in [4.69, 9.17) is 16.9 Å². The number of hydrogen-bond acceptors (Lipinski definition) is 6. The second-order valence-corrected chi connectivity index (χ2v) is 8.46. The van der Waals surface area contributed by atoms with Crippen LogP contribution in [0.5, 0.6) is 0 Å². The number of thiazole rings is 1. The second-order valence-electron chi connectivity index (χ2n) is 6.23. The molecule has 2 aromatic carbocycles. The van der Waals surface area contributed by atoms with Gasteiger partial charge in [-0.2, -0.15) is 5.26 Å². The predicted molar refractivity (Wildman–Crippen MR) is 121 cm³/mol. The molecule has 8 heteroatoms. The summed E-state index contributed by atoms with van der Waals surface area (Å²) >= 11 is 8.84. The quantitative estimate of drug-likeness (QED) is 0.498. The molecule has 1 heterocycles. The molecule has 0 spiro atoms. The highest BCUT2D eigenvalue weighted by Crippen LogP contribution is 2.32. The highest BCUT2D eigenvalue weighted by molar-refractivity contribution is 7.97. The predicted octanol–water partition coefficient (Wildman–Crippen LogP) is 5.37. The summed E-state index contributed by atoms with van der Waals surface area (Å²) in [7, 11) is 0. The van der Waals surface area contributed by atoms with E-state index in [1.165, 1.54) is 23.3 Å². The molecule has 0 atom stereocenters. The summed E-state index contributed by atoms with van der Waals surface area (Å²) < 4.78 is 2.73. The number of nitrogens with one attached hydrogen (secondary N) is 1. The molecule has 5 nitrogen and oxygen atoms in total. The van der Waals surface area contributed by atoms with Gasteiger partial charge in [0.15, 0.2) is 5.13 Å². The summed E-state index contributed by atoms with van der Waals surface area (Å²) in [5.41, 5.74) is 3.06. The third-order valence-corrected chi connectivity index (χ3v) is 5.87. The first-order valence-electron chi connectivity index (χ1n) is 8.84. The van der Waals surface area contributed by atoms with Crippen LogP contribution in [0.2, 0.25) is 5.02 Å². The van der Waals surface area contributed by atoms with Crippen LogP contribution in [0.15, 0.2) is 48.5 Å². The SMILES string of the molecule is CSNC(=O)c1nc(N(CCc2cccc(Cl)c2)c2ccc(C#N)cc2)sc1C. The zero-order valence-electron chi connectivity index (χ0n) is 16.0. The van der Waals surface area contributed by atoms with E-state index in [2.05, 4.69) is 20.7 Å². The zero-order chi connectivity index (χ0) is 20.8. The fourth-order valence-electron chi connectivity index (χ4n) is 2.83. The molecule has 0 radical (unpaired) electrons. The van der Waals surface area contributed by atoms with Gasteiger partial charge in [0, 0.05) is 28.4 Å². The van der Waals surface area contributed by atoms with Crippen LogP contribution in [0.1, 0.15) is 26.5 Å². The van der Waals surface area contributed by atoms with E-state index in [0.29, 0.717) is 22.8 Å². The number of aryl methyl sites for hydroxylation is 1. The van der Waals surface area contributed by atoms with Crippen LogP contribution in [0, 0.1) is 18.3 Å². The van der Waals surface area contributed by atoms with Crippen molar-refractivity contribution in [1.29, 1.82) is 5.26 Å². The van der Waals surface area contributed by atoms with Crippen molar-refractivity contribution in [1.82, 2.24) is 9.71 Å². The van der Waals surface area contributed by atoms with Crippen LogP contribution >= 0.6 is 34.9 Å². The average Bonchev–Trinajstić information content (AvgIpc) is 3.10. The molecular weight excluding hydrogens is 424 g/mol. The number of aromatic nitrogens is 1. The third-order valence-electron chi connectivity index (χ3n) is 4.25. The summed E-state index contributed by atoms with van der Waals surface area (Å²) in [6.07, 6.45) is 2.56. The maximum atomic E-state index is 12.3. The minimum absolute atomic E-state index is 0.202. The molecule has 3 rings (SSSR count). The number of amides is 1. The lowest BCUT2D eigenvalue weighted by Crippen LogP contribution is -2.21. The Hall–Kier alpha value is -2.53. The van der Waals surface area contributed by atoms with Gasteiger partial charge in [-0.05, 0) is 55.3 Å². The molecule has 148 valence electrons. The van der Waals surface area contributed by atoms with E-state index >= 15 is 0 Å². The summed E-state index contributed by atoms with van der Waals surface area (Å²) in [5, 5.41) is 10.5. The van der Waals surface area contributed by atoms with E-state index < -0.39 is 0 Å². The lowest BCUT2D eigenvalue weighted by Gasteiger charge is -2.22. The molecule has 3 aromatic rings.